The maximum absolute atomic E-state index is 15.4. The summed E-state index contributed by atoms with van der Waals surface area (Å²) in [6.07, 6.45) is -5.23. The van der Waals surface area contributed by atoms with Crippen LogP contribution in [0.2, 0.25) is 0 Å². The van der Waals surface area contributed by atoms with Crippen LogP contribution in [0.5, 0.6) is 0 Å². The number of anilines is 2. The van der Waals surface area contributed by atoms with Gasteiger partial charge in [0.2, 0.25) is 11.8 Å². The maximum Gasteiger partial charge on any atom is 0.416 e. The second kappa shape index (κ2) is 35.5. The van der Waals surface area contributed by atoms with E-state index in [9.17, 15) is 59.8 Å². The number of ether oxygens (including phenoxy) is 2. The van der Waals surface area contributed by atoms with Crippen molar-refractivity contribution in [2.45, 2.75) is 106 Å². The molecule has 10 rings (SSSR count). The summed E-state index contributed by atoms with van der Waals surface area (Å²) >= 11 is 0. The molecule has 4 aliphatic rings. The van der Waals surface area contributed by atoms with Crippen molar-refractivity contribution in [3.63, 3.8) is 0 Å². The van der Waals surface area contributed by atoms with Gasteiger partial charge in [-0.15, -0.1) is 37.2 Å². The van der Waals surface area contributed by atoms with Gasteiger partial charge in [-0.05, 0) is 148 Å². The first-order valence-corrected chi connectivity index (χ1v) is 33.4. The number of nitrogens with zero attached hydrogens (tertiary/aromatic N) is 7. The predicted molar refractivity (Wildman–Crippen MR) is 377 cm³/mol. The van der Waals surface area contributed by atoms with E-state index in [2.05, 4.69) is 27.2 Å². The van der Waals surface area contributed by atoms with Gasteiger partial charge in [0.1, 0.15) is 30.6 Å². The Morgan fingerprint density at radius 3 is 1.94 bits per heavy atom. The number of carbonyl (C=O) groups is 5. The third-order valence-corrected chi connectivity index (χ3v) is 19.9. The van der Waals surface area contributed by atoms with Crippen molar-refractivity contribution >= 4 is 78.3 Å². The highest BCUT2D eigenvalue weighted by atomic mass is 35.5. The molecule has 0 unspecified atom stereocenters. The number of fused-ring (bicyclic) bond motifs is 2. The van der Waals surface area contributed by atoms with Crippen LogP contribution in [0, 0.1) is 11.6 Å². The van der Waals surface area contributed by atoms with Crippen LogP contribution < -0.4 is 10.2 Å². The number of amides is 5. The molecule has 3 fully saturated rings. The molecule has 27 heteroatoms. The van der Waals surface area contributed by atoms with Crippen LogP contribution in [0.25, 0.3) is 11.1 Å². The van der Waals surface area contributed by atoms with Gasteiger partial charge in [-0.25, -0.2) is 13.6 Å². The van der Waals surface area contributed by atoms with Crippen LogP contribution in [-0.4, -0.2) is 183 Å². The number of benzene rings is 6. The van der Waals surface area contributed by atoms with Crippen LogP contribution in [0.4, 0.5) is 51.3 Å². The Morgan fingerprint density at radius 2 is 1.28 bits per heavy atom. The Hall–Kier alpha value is -7.58. The molecule has 2 atom stereocenters. The van der Waals surface area contributed by atoms with E-state index in [4.69, 9.17) is 9.47 Å². The smallest absolute Gasteiger partial charge is 0.416 e. The fourth-order valence-electron chi connectivity index (χ4n) is 14.2. The predicted octanol–water partition coefficient (Wildman–Crippen LogP) is 14.3. The standard InChI is InChI=1S/C74H84F8N8O8.3ClH/c1-84(34-14-35-86(3)68(93)53-22-27-63(62(76)45-53)83-33-13-5-8-21-66(91)85(2)41-42-87-36-28-59(29-37-87)90(70(95)96)64-20-12-10-18-60(64)51-15-6-4-7-16-51)67(92)48-97-65-46-52-17-9-11-19-61(52)71(65)30-38-88(39-31-71)40-32-72(55-23-25-58(75)26-24-55)49-89(50-98-72)69(94)54-43-56(73(77,78)79)47-57(44-54)74(80,81)82;;;/h4,6-7,9-12,15-20,22-27,43-45,47,59,65,83H,5,8,13-14,21,28-42,46,48-50H2,1-3H3,(H,95,96);3*1H/t65-,72+;;;/m0.../s1. The topological polar surface area (TPSA) is 159 Å². The summed E-state index contributed by atoms with van der Waals surface area (Å²) < 4.78 is 125. The fraction of sp³-hybridized carbons (Fsp3) is 0.446. The molecule has 3 saturated heterocycles. The first kappa shape index (κ1) is 80.7. The number of nitrogens with one attached hydrogen (secondary N) is 1. The van der Waals surface area contributed by atoms with E-state index in [0.29, 0.717) is 127 Å². The molecule has 16 nitrogen and oxygen atoms in total. The summed E-state index contributed by atoms with van der Waals surface area (Å²) in [6.45, 7) is 4.46. The number of halogens is 11. The molecular weight excluding hydrogens is 1390 g/mol. The number of para-hydroxylation sites is 1. The van der Waals surface area contributed by atoms with Gasteiger partial charge >= 0.3 is 18.4 Å². The molecular formula is C74H87Cl3F8N8O8. The molecule has 0 bridgehead atoms. The summed E-state index contributed by atoms with van der Waals surface area (Å²) in [6, 6.07) is 35.7. The molecule has 3 aliphatic heterocycles. The van der Waals surface area contributed by atoms with Crippen molar-refractivity contribution in [3.05, 3.63) is 190 Å². The molecule has 3 heterocycles. The number of hydrogen-bond donors (Lipinski definition) is 2. The number of likely N-dealkylation sites (N-methyl/N-ethyl adjacent to an activating group) is 2. The Labute approximate surface area is 602 Å². The number of alkyl halides is 6. The zero-order chi connectivity index (χ0) is 69.9. The van der Waals surface area contributed by atoms with Crippen LogP contribution in [-0.2, 0) is 48.9 Å². The largest absolute Gasteiger partial charge is 0.465 e. The molecule has 0 radical (unpaired) electrons. The van der Waals surface area contributed by atoms with Gasteiger partial charge in [-0.2, -0.15) is 26.3 Å². The van der Waals surface area contributed by atoms with Crippen molar-refractivity contribution in [1.29, 1.82) is 0 Å². The van der Waals surface area contributed by atoms with E-state index in [1.807, 2.05) is 66.7 Å². The zero-order valence-corrected chi connectivity index (χ0v) is 59.0. The van der Waals surface area contributed by atoms with Gasteiger partial charge in [0.05, 0.1) is 35.2 Å². The number of hydrogen-bond acceptors (Lipinski definition) is 10. The lowest BCUT2D eigenvalue weighted by atomic mass is 9.72. The Balaban J connectivity index is 0.00000477. The van der Waals surface area contributed by atoms with Crippen molar-refractivity contribution in [3.8, 4) is 11.1 Å². The van der Waals surface area contributed by atoms with Crippen molar-refractivity contribution in [2.75, 3.05) is 117 Å². The highest BCUT2D eigenvalue weighted by Gasteiger charge is 2.50. The van der Waals surface area contributed by atoms with Crippen LogP contribution in [0.3, 0.4) is 0 Å². The van der Waals surface area contributed by atoms with Crippen LogP contribution in [0.15, 0.2) is 140 Å². The lowest BCUT2D eigenvalue weighted by Gasteiger charge is -2.44. The minimum absolute atomic E-state index is 0. The summed E-state index contributed by atoms with van der Waals surface area (Å²) in [4.78, 5) is 78.4. The van der Waals surface area contributed by atoms with Crippen LogP contribution >= 0.6 is 37.2 Å². The monoisotopic (exact) mass is 1470 g/mol. The summed E-state index contributed by atoms with van der Waals surface area (Å²) in [5.74, 6) is -2.78. The quantitative estimate of drug-likeness (QED) is 0.0393. The average Bonchev–Trinajstić information content (AvgIpc) is 1.61. The Morgan fingerprint density at radius 1 is 0.653 bits per heavy atom. The normalized spacial score (nSPS) is 17.6. The summed E-state index contributed by atoms with van der Waals surface area (Å²) in [7, 11) is 5.09. The van der Waals surface area contributed by atoms with Gasteiger partial charge in [0.15, 0.2) is 0 Å². The zero-order valence-electron chi connectivity index (χ0n) is 56.6. The van der Waals surface area contributed by atoms with Crippen molar-refractivity contribution in [2.24, 2.45) is 0 Å². The van der Waals surface area contributed by atoms with Crippen LogP contribution in [0.1, 0.15) is 113 Å². The lowest BCUT2D eigenvalue weighted by molar-refractivity contribution is -0.143. The third-order valence-electron chi connectivity index (χ3n) is 19.9. The number of carboxylic acid groups (broad SMARTS) is 1. The fourth-order valence-corrected chi connectivity index (χ4v) is 14.2. The number of rotatable bonds is 26. The van der Waals surface area contributed by atoms with Gasteiger partial charge in [0.25, 0.3) is 11.8 Å². The molecule has 6 aromatic carbocycles. The Bertz CT molecular complexity index is 3740. The molecule has 5 amide bonds. The minimum Gasteiger partial charge on any atom is -0.465 e. The highest BCUT2D eigenvalue weighted by Crippen LogP contribution is 2.49. The minimum atomic E-state index is -5.16. The molecule has 548 valence electrons. The first-order chi connectivity index (χ1) is 46.8. The summed E-state index contributed by atoms with van der Waals surface area (Å²) in [5, 5.41) is 13.5. The lowest BCUT2D eigenvalue weighted by Crippen LogP contribution is -2.50. The summed E-state index contributed by atoms with van der Waals surface area (Å²) in [5.41, 5.74) is -0.0838. The second-order valence-electron chi connectivity index (χ2n) is 26.2. The SMILES string of the molecule is CN(CCN1CCC(N(C(=O)O)c2ccccc2-c2ccccc2)CC1)C(=O)CCCCCNc1ccc(C(=O)N(C)CCCN(C)C(=O)CO[C@H]2Cc3ccccc3C23CCN(CC[C@]2(c4ccc(F)cc4)CN(C(=O)c4cc(C(F)(F)F)cc(C(F)(F)F)c4)CO2)CC3)cc1F.Cl.Cl.Cl. The van der Waals surface area contributed by atoms with E-state index >= 15 is 4.39 Å². The van der Waals surface area contributed by atoms with E-state index in [-0.39, 0.29) is 111 Å². The van der Waals surface area contributed by atoms with Gasteiger partial charge in [0, 0.05) is 108 Å². The van der Waals surface area contributed by atoms with E-state index in [1.54, 1.807) is 37.0 Å². The van der Waals surface area contributed by atoms with Gasteiger partial charge < -0.3 is 49.3 Å². The van der Waals surface area contributed by atoms with E-state index in [1.165, 1.54) is 46.2 Å². The molecule has 1 aliphatic carbocycles. The number of piperidine rings is 2. The highest BCUT2D eigenvalue weighted by molar-refractivity contribution is 5.96. The average molecular weight is 1470 g/mol. The van der Waals surface area contributed by atoms with Crippen molar-refractivity contribution < 1.29 is 73.7 Å². The number of likely N-dealkylation sites (tertiary alicyclic amines) is 2. The first-order valence-electron chi connectivity index (χ1n) is 33.4. The molecule has 1 spiro atoms. The Kier molecular flexibility index (Phi) is 28.4. The molecule has 0 saturated carbocycles. The second-order valence-corrected chi connectivity index (χ2v) is 26.2. The number of carbonyl (C=O) groups excluding carboxylic acids is 4. The van der Waals surface area contributed by atoms with E-state index < -0.39 is 70.4 Å². The van der Waals surface area contributed by atoms with Gasteiger partial charge in [-0.3, -0.25) is 24.1 Å². The van der Waals surface area contributed by atoms with E-state index in [0.717, 1.165) is 46.7 Å². The number of unbranched alkanes of at least 4 members (excludes halogenated alkanes) is 2. The molecule has 0 aromatic heterocycles. The third kappa shape index (κ3) is 19.8. The maximum atomic E-state index is 15.4. The van der Waals surface area contributed by atoms with Gasteiger partial charge in [-0.1, -0.05) is 91.3 Å². The van der Waals surface area contributed by atoms with Crippen molar-refractivity contribution in [1.82, 2.24) is 29.4 Å². The molecule has 101 heavy (non-hydrogen) atoms. The molecule has 2 N–H and O–H groups in total. The molecule has 6 aromatic rings.